The van der Waals surface area contributed by atoms with E-state index in [2.05, 4.69) is 26.8 Å². The molecule has 23 heavy (non-hydrogen) atoms. The second-order valence-corrected chi connectivity index (χ2v) is 9.20. The van der Waals surface area contributed by atoms with Gasteiger partial charge in [0.1, 0.15) is 0 Å². The Bertz CT molecular complexity index is 543. The van der Waals surface area contributed by atoms with Gasteiger partial charge in [0.05, 0.1) is 18.8 Å². The van der Waals surface area contributed by atoms with E-state index in [4.69, 9.17) is 9.47 Å². The summed E-state index contributed by atoms with van der Waals surface area (Å²) < 4.78 is 11.1. The lowest BCUT2D eigenvalue weighted by Crippen LogP contribution is -2.54. The Morgan fingerprint density at radius 2 is 2.00 bits per heavy atom. The second kappa shape index (κ2) is 5.08. The molecule has 4 fully saturated rings. The number of rotatable bonds is 2. The van der Waals surface area contributed by atoms with Crippen LogP contribution in [0.15, 0.2) is 11.6 Å². The van der Waals surface area contributed by atoms with Crippen molar-refractivity contribution in [1.29, 1.82) is 0 Å². The summed E-state index contributed by atoms with van der Waals surface area (Å²) >= 11 is 0. The zero-order valence-electron chi connectivity index (χ0n) is 14.8. The van der Waals surface area contributed by atoms with E-state index >= 15 is 0 Å². The molecule has 4 atom stereocenters. The number of cyclic esters (lactones) is 1. The molecule has 2 aliphatic carbocycles. The first-order chi connectivity index (χ1) is 10.9. The van der Waals surface area contributed by atoms with Crippen molar-refractivity contribution in [3.63, 3.8) is 0 Å². The lowest BCUT2D eigenvalue weighted by atomic mass is 9.46. The summed E-state index contributed by atoms with van der Waals surface area (Å²) in [6, 6.07) is 0. The zero-order valence-corrected chi connectivity index (χ0v) is 14.8. The van der Waals surface area contributed by atoms with Crippen LogP contribution >= 0.6 is 0 Å². The Labute approximate surface area is 139 Å². The molecule has 2 heterocycles. The zero-order chi connectivity index (χ0) is 16.3. The Morgan fingerprint density at radius 1 is 1.22 bits per heavy atom. The van der Waals surface area contributed by atoms with Crippen LogP contribution in [0.2, 0.25) is 0 Å². The Balaban J connectivity index is 1.63. The molecule has 4 rings (SSSR count). The molecule has 0 aromatic heterocycles. The topological polar surface area (TPSA) is 38.8 Å². The Kier molecular flexibility index (Phi) is 3.46. The van der Waals surface area contributed by atoms with Crippen LogP contribution < -0.4 is 0 Å². The van der Waals surface area contributed by atoms with Crippen LogP contribution in [0.3, 0.4) is 0 Å². The fourth-order valence-electron chi connectivity index (χ4n) is 6.28. The SMILES string of the molecule is CC1(C)CCC[C@@]2(C)[C@@H]1CC[C@@]1(CO1)[C@H]2C/C=C1\CCOC1=O. The van der Waals surface area contributed by atoms with Crippen LogP contribution in [0.25, 0.3) is 0 Å². The summed E-state index contributed by atoms with van der Waals surface area (Å²) in [5.41, 5.74) is 1.77. The summed E-state index contributed by atoms with van der Waals surface area (Å²) in [5, 5.41) is 0. The van der Waals surface area contributed by atoms with Crippen molar-refractivity contribution in [2.24, 2.45) is 22.7 Å². The molecule has 2 aliphatic heterocycles. The van der Waals surface area contributed by atoms with Gasteiger partial charge in [-0.25, -0.2) is 4.79 Å². The molecule has 0 unspecified atom stereocenters. The minimum atomic E-state index is -0.0998. The van der Waals surface area contributed by atoms with Gasteiger partial charge in [-0.05, 0) is 54.8 Å². The fraction of sp³-hybridized carbons (Fsp3) is 0.850. The first-order valence-corrected chi connectivity index (χ1v) is 9.38. The van der Waals surface area contributed by atoms with E-state index in [1.54, 1.807) is 0 Å². The number of fused-ring (bicyclic) bond motifs is 1. The van der Waals surface area contributed by atoms with E-state index < -0.39 is 0 Å². The molecule has 3 nitrogen and oxygen atoms in total. The van der Waals surface area contributed by atoms with E-state index in [0.717, 1.165) is 30.9 Å². The molecule has 0 aromatic carbocycles. The number of hydrogen-bond acceptors (Lipinski definition) is 3. The lowest BCUT2D eigenvalue weighted by molar-refractivity contribution is -0.135. The minimum Gasteiger partial charge on any atom is -0.462 e. The van der Waals surface area contributed by atoms with Crippen LogP contribution in [0.1, 0.15) is 65.7 Å². The molecule has 1 spiro atoms. The summed E-state index contributed by atoms with van der Waals surface area (Å²) in [7, 11) is 0. The first kappa shape index (κ1) is 15.7. The minimum absolute atomic E-state index is 0.0998. The van der Waals surface area contributed by atoms with Crippen LogP contribution in [0, 0.1) is 22.7 Å². The van der Waals surface area contributed by atoms with Gasteiger partial charge in [0, 0.05) is 12.0 Å². The maximum Gasteiger partial charge on any atom is 0.333 e. The Hall–Kier alpha value is -0.830. The molecule has 0 radical (unpaired) electrons. The van der Waals surface area contributed by atoms with Gasteiger partial charge in [-0.1, -0.05) is 33.3 Å². The highest BCUT2D eigenvalue weighted by Crippen LogP contribution is 2.66. The molecular formula is C20H30O3. The Morgan fingerprint density at radius 3 is 2.65 bits per heavy atom. The van der Waals surface area contributed by atoms with Crippen LogP contribution in [-0.2, 0) is 14.3 Å². The second-order valence-electron chi connectivity index (χ2n) is 9.20. The summed E-state index contributed by atoms with van der Waals surface area (Å²) in [6.07, 6.45) is 10.4. The molecular weight excluding hydrogens is 288 g/mol. The third kappa shape index (κ3) is 2.38. The lowest BCUT2D eigenvalue weighted by Gasteiger charge is -2.59. The predicted octanol–water partition coefficient (Wildman–Crippen LogP) is 4.26. The number of allylic oxidation sites excluding steroid dienone is 1. The van der Waals surface area contributed by atoms with Crippen molar-refractivity contribution in [3.8, 4) is 0 Å². The largest absolute Gasteiger partial charge is 0.462 e. The smallest absolute Gasteiger partial charge is 0.333 e. The van der Waals surface area contributed by atoms with Gasteiger partial charge in [-0.3, -0.25) is 0 Å². The van der Waals surface area contributed by atoms with Crippen LogP contribution in [0.4, 0.5) is 0 Å². The highest BCUT2D eigenvalue weighted by atomic mass is 16.6. The number of ether oxygens (including phenoxy) is 2. The van der Waals surface area contributed by atoms with Gasteiger partial charge in [0.2, 0.25) is 0 Å². The van der Waals surface area contributed by atoms with Crippen LogP contribution in [-0.4, -0.2) is 24.8 Å². The number of carbonyl (C=O) groups is 1. The monoisotopic (exact) mass is 318 g/mol. The van der Waals surface area contributed by atoms with Gasteiger partial charge in [0.25, 0.3) is 0 Å². The number of epoxide rings is 1. The fourth-order valence-corrected chi connectivity index (χ4v) is 6.28. The maximum absolute atomic E-state index is 11.8. The van der Waals surface area contributed by atoms with Crippen molar-refractivity contribution in [3.05, 3.63) is 11.6 Å². The first-order valence-electron chi connectivity index (χ1n) is 9.38. The van der Waals surface area contributed by atoms with E-state index in [1.807, 2.05) is 0 Å². The van der Waals surface area contributed by atoms with Gasteiger partial charge in [-0.15, -0.1) is 0 Å². The number of carbonyl (C=O) groups excluding carboxylic acids is 1. The average Bonchev–Trinajstić information content (AvgIpc) is 3.12. The third-order valence-electron chi connectivity index (χ3n) is 7.55. The highest BCUT2D eigenvalue weighted by Gasteiger charge is 2.64. The third-order valence-corrected chi connectivity index (χ3v) is 7.55. The maximum atomic E-state index is 11.8. The van der Waals surface area contributed by atoms with Gasteiger partial charge < -0.3 is 9.47 Å². The van der Waals surface area contributed by atoms with E-state index in [0.29, 0.717) is 23.4 Å². The summed E-state index contributed by atoms with van der Waals surface area (Å²) in [4.78, 5) is 11.8. The number of esters is 1. The predicted molar refractivity (Wildman–Crippen MR) is 88.9 cm³/mol. The average molecular weight is 318 g/mol. The molecule has 0 bridgehead atoms. The molecule has 0 N–H and O–H groups in total. The van der Waals surface area contributed by atoms with Crippen molar-refractivity contribution >= 4 is 5.97 Å². The standard InChI is InChI=1S/C20H30O3/c1-18(2)9-4-10-19(3)15(18)7-11-20(13-23-20)16(19)6-5-14-8-12-22-17(14)21/h5,15-16H,4,6-13H2,1-3H3/b14-5+/t15-,16+,19+,20-/m1/s1. The molecule has 2 saturated heterocycles. The molecule has 128 valence electrons. The molecule has 3 heteroatoms. The molecule has 2 saturated carbocycles. The van der Waals surface area contributed by atoms with Gasteiger partial charge in [-0.2, -0.15) is 0 Å². The summed E-state index contributed by atoms with van der Waals surface area (Å²) in [5.74, 6) is 1.23. The van der Waals surface area contributed by atoms with Crippen molar-refractivity contribution in [2.45, 2.75) is 71.3 Å². The summed E-state index contributed by atoms with van der Waals surface area (Å²) in [6.45, 7) is 8.92. The van der Waals surface area contributed by atoms with E-state index in [1.165, 1.54) is 32.1 Å². The van der Waals surface area contributed by atoms with E-state index in [9.17, 15) is 4.79 Å². The molecule has 0 amide bonds. The van der Waals surface area contributed by atoms with Crippen molar-refractivity contribution in [1.82, 2.24) is 0 Å². The normalized spacial score (nSPS) is 46.7. The highest BCUT2D eigenvalue weighted by molar-refractivity contribution is 5.90. The van der Waals surface area contributed by atoms with Gasteiger partial charge >= 0.3 is 5.97 Å². The quantitative estimate of drug-likeness (QED) is 0.434. The van der Waals surface area contributed by atoms with Crippen molar-refractivity contribution < 1.29 is 14.3 Å². The number of hydrogen-bond donors (Lipinski definition) is 0. The van der Waals surface area contributed by atoms with Crippen LogP contribution in [0.5, 0.6) is 0 Å². The molecule has 4 aliphatic rings. The molecule has 0 aromatic rings. The van der Waals surface area contributed by atoms with Gasteiger partial charge in [0.15, 0.2) is 0 Å². The van der Waals surface area contributed by atoms with E-state index in [-0.39, 0.29) is 11.6 Å². The van der Waals surface area contributed by atoms with Crippen molar-refractivity contribution in [2.75, 3.05) is 13.2 Å².